The molecule has 0 aromatic carbocycles. The molecule has 0 fully saturated rings. The summed E-state index contributed by atoms with van der Waals surface area (Å²) in [7, 11) is -3.75. The van der Waals surface area contributed by atoms with Gasteiger partial charge in [0.2, 0.25) is 16.4 Å². The molecule has 0 aliphatic heterocycles. The molecule has 10 heteroatoms. The van der Waals surface area contributed by atoms with Gasteiger partial charge in [0.15, 0.2) is 5.82 Å². The molecule has 18 heavy (non-hydrogen) atoms. The molecule has 2 aromatic heterocycles. The number of nitrogens with zero attached hydrogens (tertiary/aromatic N) is 3. The molecular formula is C8H8ClN5O3S. The lowest BCUT2D eigenvalue weighted by atomic mass is 10.5. The second-order valence-corrected chi connectivity index (χ2v) is 5.38. The molecule has 0 radical (unpaired) electrons. The highest BCUT2D eigenvalue weighted by Crippen LogP contribution is 2.19. The quantitative estimate of drug-likeness (QED) is 0.822. The first-order valence-corrected chi connectivity index (χ1v) is 6.51. The minimum absolute atomic E-state index is 0.0637. The van der Waals surface area contributed by atoms with Crippen LogP contribution >= 0.6 is 11.6 Å². The van der Waals surface area contributed by atoms with E-state index >= 15 is 0 Å². The average molecular weight is 290 g/mol. The van der Waals surface area contributed by atoms with Crippen molar-refractivity contribution in [1.29, 1.82) is 0 Å². The van der Waals surface area contributed by atoms with Crippen LogP contribution < -0.4 is 10.5 Å². The second kappa shape index (κ2) is 4.88. The number of hydrogen-bond donors (Lipinski definition) is 2. The molecule has 0 aliphatic rings. The zero-order valence-electron chi connectivity index (χ0n) is 8.87. The van der Waals surface area contributed by atoms with E-state index in [-0.39, 0.29) is 28.1 Å². The van der Waals surface area contributed by atoms with Gasteiger partial charge in [-0.2, -0.15) is 4.98 Å². The summed E-state index contributed by atoms with van der Waals surface area (Å²) in [5.41, 5.74) is 5.39. The largest absolute Gasteiger partial charge is 0.382 e. The normalized spacial score (nSPS) is 11.6. The molecular weight excluding hydrogens is 282 g/mol. The van der Waals surface area contributed by atoms with Gasteiger partial charge in [0, 0.05) is 6.20 Å². The molecule has 2 rings (SSSR count). The Morgan fingerprint density at radius 2 is 2.22 bits per heavy atom. The van der Waals surface area contributed by atoms with Crippen molar-refractivity contribution in [2.24, 2.45) is 0 Å². The van der Waals surface area contributed by atoms with Gasteiger partial charge in [-0.25, -0.2) is 18.1 Å². The fourth-order valence-corrected chi connectivity index (χ4v) is 2.27. The molecule has 2 heterocycles. The first-order chi connectivity index (χ1) is 8.49. The number of hydrogen-bond acceptors (Lipinski definition) is 7. The maximum atomic E-state index is 11.9. The van der Waals surface area contributed by atoms with Crippen molar-refractivity contribution in [3.63, 3.8) is 0 Å². The lowest BCUT2D eigenvalue weighted by Crippen LogP contribution is -2.24. The summed E-state index contributed by atoms with van der Waals surface area (Å²) in [6, 6.07) is 1.21. The molecule has 2 aromatic rings. The van der Waals surface area contributed by atoms with Crippen LogP contribution in [0.4, 0.5) is 5.82 Å². The Hall–Kier alpha value is -1.71. The van der Waals surface area contributed by atoms with Gasteiger partial charge in [0.1, 0.15) is 10.7 Å². The third kappa shape index (κ3) is 2.75. The zero-order valence-corrected chi connectivity index (χ0v) is 10.4. The third-order valence-electron chi connectivity index (χ3n) is 1.98. The van der Waals surface area contributed by atoms with Gasteiger partial charge >= 0.3 is 0 Å². The van der Waals surface area contributed by atoms with E-state index in [1.807, 2.05) is 0 Å². The van der Waals surface area contributed by atoms with E-state index in [0.717, 1.165) is 12.6 Å². The van der Waals surface area contributed by atoms with Crippen molar-refractivity contribution in [1.82, 2.24) is 19.8 Å². The van der Waals surface area contributed by atoms with Crippen molar-refractivity contribution >= 4 is 27.4 Å². The van der Waals surface area contributed by atoms with Crippen LogP contribution in [0.2, 0.25) is 5.02 Å². The van der Waals surface area contributed by atoms with Gasteiger partial charge in [0.25, 0.3) is 0 Å². The van der Waals surface area contributed by atoms with Crippen molar-refractivity contribution in [2.45, 2.75) is 11.4 Å². The summed E-state index contributed by atoms with van der Waals surface area (Å²) in [5.74, 6) is 0.280. The summed E-state index contributed by atoms with van der Waals surface area (Å²) in [5, 5.41) is 3.54. The zero-order chi connectivity index (χ0) is 13.2. The minimum atomic E-state index is -3.75. The van der Waals surface area contributed by atoms with Crippen molar-refractivity contribution in [2.75, 3.05) is 5.73 Å². The van der Waals surface area contributed by atoms with Crippen LogP contribution in [0.15, 0.2) is 28.1 Å². The predicted octanol–water partition coefficient (Wildman–Crippen LogP) is 0.179. The van der Waals surface area contributed by atoms with Crippen LogP contribution in [0.3, 0.4) is 0 Å². The highest BCUT2D eigenvalue weighted by Gasteiger charge is 2.16. The van der Waals surface area contributed by atoms with E-state index in [9.17, 15) is 8.42 Å². The summed E-state index contributed by atoms with van der Waals surface area (Å²) >= 11 is 5.70. The van der Waals surface area contributed by atoms with Gasteiger partial charge in [-0.15, -0.1) is 0 Å². The summed E-state index contributed by atoms with van der Waals surface area (Å²) < 4.78 is 30.5. The van der Waals surface area contributed by atoms with Gasteiger partial charge < -0.3 is 10.3 Å². The van der Waals surface area contributed by atoms with E-state index in [4.69, 9.17) is 17.3 Å². The van der Waals surface area contributed by atoms with E-state index in [0.29, 0.717) is 0 Å². The lowest BCUT2D eigenvalue weighted by molar-refractivity contribution is 0.409. The van der Waals surface area contributed by atoms with Crippen LogP contribution in [-0.4, -0.2) is 23.5 Å². The second-order valence-electron chi connectivity index (χ2n) is 3.21. The number of rotatable bonds is 4. The summed E-state index contributed by atoms with van der Waals surface area (Å²) in [6.07, 6.45) is 2.21. The fourth-order valence-electron chi connectivity index (χ4n) is 1.09. The van der Waals surface area contributed by atoms with Crippen molar-refractivity contribution in [3.8, 4) is 0 Å². The minimum Gasteiger partial charge on any atom is -0.382 e. The van der Waals surface area contributed by atoms with Crippen molar-refractivity contribution in [3.05, 3.63) is 29.5 Å². The maximum absolute atomic E-state index is 11.9. The molecule has 0 saturated heterocycles. The van der Waals surface area contributed by atoms with Crippen molar-refractivity contribution < 1.29 is 12.9 Å². The molecule has 0 spiro atoms. The smallest absolute Gasteiger partial charge is 0.242 e. The molecule has 3 N–H and O–H groups in total. The number of aromatic nitrogens is 3. The number of nitrogens with two attached hydrogens (primary N) is 1. The highest BCUT2D eigenvalue weighted by molar-refractivity contribution is 7.89. The Morgan fingerprint density at radius 1 is 1.44 bits per heavy atom. The van der Waals surface area contributed by atoms with Gasteiger partial charge in [-0.1, -0.05) is 16.8 Å². The lowest BCUT2D eigenvalue weighted by Gasteiger charge is -2.05. The number of nitrogen functional groups attached to an aromatic ring is 1. The Kier molecular flexibility index (Phi) is 3.45. The number of halogens is 1. The van der Waals surface area contributed by atoms with E-state index in [2.05, 4.69) is 24.4 Å². The fraction of sp³-hybridized carbons (Fsp3) is 0.125. The number of pyridine rings is 1. The Bertz CT molecular complexity index is 643. The first-order valence-electron chi connectivity index (χ1n) is 4.65. The molecule has 0 aliphatic carbocycles. The maximum Gasteiger partial charge on any atom is 0.242 e. The Balaban J connectivity index is 2.17. The molecule has 0 bridgehead atoms. The van der Waals surface area contributed by atoms with E-state index in [1.165, 1.54) is 6.07 Å². The number of nitrogens with one attached hydrogen (secondary N) is 1. The van der Waals surface area contributed by atoms with Crippen LogP contribution in [-0.2, 0) is 16.6 Å². The molecule has 0 amide bonds. The molecule has 0 unspecified atom stereocenters. The van der Waals surface area contributed by atoms with Gasteiger partial charge in [-0.05, 0) is 6.07 Å². The third-order valence-corrected chi connectivity index (χ3v) is 3.65. The number of anilines is 1. The first kappa shape index (κ1) is 12.7. The molecule has 96 valence electrons. The predicted molar refractivity (Wildman–Crippen MR) is 62.0 cm³/mol. The van der Waals surface area contributed by atoms with Crippen LogP contribution in [0.25, 0.3) is 0 Å². The molecule has 0 saturated carbocycles. The Morgan fingerprint density at radius 3 is 2.83 bits per heavy atom. The molecule has 0 atom stereocenters. The standard InChI is InChI=1S/C8H8ClN5O3S/c9-6-1-5(2-11-8(6)10)18(15,16)13-3-7-12-4-17-14-7/h1-2,4,13H,3H2,(H2,10,11). The monoisotopic (exact) mass is 289 g/mol. The number of sulfonamides is 1. The summed E-state index contributed by atoms with van der Waals surface area (Å²) in [4.78, 5) is 7.25. The average Bonchev–Trinajstić information content (AvgIpc) is 2.83. The van der Waals surface area contributed by atoms with Gasteiger partial charge in [-0.3, -0.25) is 0 Å². The summed E-state index contributed by atoms with van der Waals surface area (Å²) in [6.45, 7) is -0.0964. The van der Waals surface area contributed by atoms with Crippen LogP contribution in [0.1, 0.15) is 5.82 Å². The molecule has 8 nitrogen and oxygen atoms in total. The highest BCUT2D eigenvalue weighted by atomic mass is 35.5. The van der Waals surface area contributed by atoms with E-state index < -0.39 is 10.0 Å². The van der Waals surface area contributed by atoms with Crippen LogP contribution in [0, 0.1) is 0 Å². The van der Waals surface area contributed by atoms with Gasteiger partial charge in [0.05, 0.1) is 11.6 Å². The topological polar surface area (TPSA) is 124 Å². The Labute approximate surface area is 107 Å². The SMILES string of the molecule is Nc1ncc(S(=O)(=O)NCc2ncon2)cc1Cl. The van der Waals surface area contributed by atoms with E-state index in [1.54, 1.807) is 0 Å². The van der Waals surface area contributed by atoms with Crippen LogP contribution in [0.5, 0.6) is 0 Å².